The van der Waals surface area contributed by atoms with Gasteiger partial charge in [0.2, 0.25) is 15.9 Å². The molecule has 2 aliphatic heterocycles. The molecule has 0 unspecified atom stereocenters. The van der Waals surface area contributed by atoms with Crippen LogP contribution in [0.2, 0.25) is 0 Å². The Balaban J connectivity index is 0.000000248. The van der Waals surface area contributed by atoms with Gasteiger partial charge in [-0.2, -0.15) is 0 Å². The molecule has 0 fully saturated rings. The van der Waals surface area contributed by atoms with Crippen LogP contribution in [0.1, 0.15) is 49.9 Å². The first kappa shape index (κ1) is 24.9. The summed E-state index contributed by atoms with van der Waals surface area (Å²) >= 11 is 0. The van der Waals surface area contributed by atoms with Gasteiger partial charge < -0.3 is 4.90 Å². The number of carbonyl (C=O) groups is 1. The fourth-order valence-corrected chi connectivity index (χ4v) is 4.25. The maximum Gasteiger partial charge on any atom is 0.227 e. The summed E-state index contributed by atoms with van der Waals surface area (Å²) in [6.45, 7) is 9.26. The van der Waals surface area contributed by atoms with Crippen molar-refractivity contribution in [2.24, 2.45) is 0 Å². The summed E-state index contributed by atoms with van der Waals surface area (Å²) in [5, 5.41) is 0. The highest BCUT2D eigenvalue weighted by molar-refractivity contribution is 7.88. The van der Waals surface area contributed by atoms with E-state index >= 15 is 0 Å². The number of nitrogens with zero attached hydrogens (tertiary/aromatic N) is 2. The van der Waals surface area contributed by atoms with Crippen molar-refractivity contribution >= 4 is 15.9 Å². The van der Waals surface area contributed by atoms with Gasteiger partial charge in [0.15, 0.2) is 0 Å². The molecular formula is C23H34N2O3S. The molecule has 2 aromatic rings. The fraction of sp³-hybridized carbons (Fsp3) is 0.435. The van der Waals surface area contributed by atoms with Crippen molar-refractivity contribution in [3.63, 3.8) is 0 Å². The molecule has 0 aliphatic carbocycles. The summed E-state index contributed by atoms with van der Waals surface area (Å²) in [6.07, 6.45) is 0.562. The molecule has 160 valence electrons. The zero-order valence-electron chi connectivity index (χ0n) is 18.5. The second-order valence-corrected chi connectivity index (χ2v) is 8.55. The molecule has 4 rings (SSSR count). The van der Waals surface area contributed by atoms with Crippen molar-refractivity contribution in [1.29, 1.82) is 0 Å². The van der Waals surface area contributed by atoms with Crippen LogP contribution in [0.3, 0.4) is 0 Å². The Morgan fingerprint density at radius 3 is 1.72 bits per heavy atom. The lowest BCUT2D eigenvalue weighted by Crippen LogP contribution is -2.32. The zero-order valence-corrected chi connectivity index (χ0v) is 19.3. The molecule has 5 nitrogen and oxygen atoms in total. The summed E-state index contributed by atoms with van der Waals surface area (Å²) in [4.78, 5) is 13.0. The molecule has 2 heterocycles. The van der Waals surface area contributed by atoms with E-state index in [0.29, 0.717) is 13.0 Å². The average molecular weight is 419 g/mol. The van der Waals surface area contributed by atoms with Crippen molar-refractivity contribution in [2.45, 2.75) is 53.0 Å². The van der Waals surface area contributed by atoms with E-state index in [1.165, 1.54) is 15.4 Å². The largest absolute Gasteiger partial charge is 0.341 e. The zero-order chi connectivity index (χ0) is 22.0. The van der Waals surface area contributed by atoms with E-state index in [0.717, 1.165) is 17.7 Å². The fourth-order valence-electron chi connectivity index (χ4n) is 3.02. The van der Waals surface area contributed by atoms with Gasteiger partial charge in [0, 0.05) is 27.2 Å². The number of benzene rings is 2. The lowest BCUT2D eigenvalue weighted by Gasteiger charge is -2.24. The first-order chi connectivity index (χ1) is 13.9. The van der Waals surface area contributed by atoms with E-state index in [1.54, 1.807) is 11.9 Å². The highest BCUT2D eigenvalue weighted by Gasteiger charge is 2.25. The van der Waals surface area contributed by atoms with Crippen molar-refractivity contribution in [3.05, 3.63) is 70.8 Å². The molecule has 0 bridgehead atoms. The topological polar surface area (TPSA) is 57.7 Å². The van der Waals surface area contributed by atoms with Crippen LogP contribution in [0.25, 0.3) is 0 Å². The number of hydrogen-bond donors (Lipinski definition) is 0. The Bertz CT molecular complexity index is 895. The Kier molecular flexibility index (Phi) is 10.1. The summed E-state index contributed by atoms with van der Waals surface area (Å²) < 4.78 is 24.3. The van der Waals surface area contributed by atoms with Crippen LogP contribution in [0.15, 0.2) is 48.5 Å². The number of rotatable bonds is 0. The number of carbonyl (C=O) groups excluding carboxylic acids is 1. The molecule has 29 heavy (non-hydrogen) atoms. The van der Waals surface area contributed by atoms with E-state index in [-0.39, 0.29) is 11.7 Å². The van der Waals surface area contributed by atoms with Gasteiger partial charge in [-0.1, -0.05) is 76.2 Å². The molecule has 0 atom stereocenters. The Hall–Kier alpha value is -2.18. The molecule has 1 amide bonds. The number of sulfonamides is 1. The minimum Gasteiger partial charge on any atom is -0.341 e. The first-order valence-electron chi connectivity index (χ1n) is 10.2. The lowest BCUT2D eigenvalue weighted by molar-refractivity contribution is -0.130. The minimum absolute atomic E-state index is 0.139. The molecular weight excluding hydrogens is 384 g/mol. The smallest absolute Gasteiger partial charge is 0.227 e. The molecule has 0 saturated carbocycles. The minimum atomic E-state index is -3.04. The van der Waals surface area contributed by atoms with Gasteiger partial charge in [0.05, 0.1) is 12.2 Å². The third-order valence-corrected chi connectivity index (χ3v) is 6.37. The molecule has 0 spiro atoms. The first-order valence-corrected chi connectivity index (χ1v) is 11.8. The number of hydrogen-bond acceptors (Lipinski definition) is 3. The van der Waals surface area contributed by atoms with Crippen molar-refractivity contribution in [3.8, 4) is 0 Å². The third kappa shape index (κ3) is 6.68. The van der Waals surface area contributed by atoms with Gasteiger partial charge in [-0.25, -0.2) is 12.7 Å². The molecule has 0 saturated heterocycles. The van der Waals surface area contributed by atoms with E-state index in [1.807, 2.05) is 77.2 Å². The SMILES string of the molecule is CC.CC.CN1Cc2ccccc2CC1=O.CN1Cc2ccccc2CS1(=O)=O. The predicted octanol–water partition coefficient (Wildman–Crippen LogP) is 4.22. The Morgan fingerprint density at radius 2 is 1.17 bits per heavy atom. The molecule has 2 aliphatic rings. The monoisotopic (exact) mass is 418 g/mol. The van der Waals surface area contributed by atoms with E-state index < -0.39 is 10.0 Å². The van der Waals surface area contributed by atoms with Crippen LogP contribution in [-0.4, -0.2) is 37.6 Å². The van der Waals surface area contributed by atoms with Gasteiger partial charge in [0.1, 0.15) is 0 Å². The van der Waals surface area contributed by atoms with E-state index in [9.17, 15) is 13.2 Å². The highest BCUT2D eigenvalue weighted by Crippen LogP contribution is 2.22. The maximum atomic E-state index is 11.5. The van der Waals surface area contributed by atoms with Gasteiger partial charge in [-0.15, -0.1) is 0 Å². The second kappa shape index (κ2) is 11.7. The van der Waals surface area contributed by atoms with Crippen LogP contribution in [0.4, 0.5) is 0 Å². The quantitative estimate of drug-likeness (QED) is 0.644. The number of fused-ring (bicyclic) bond motifs is 2. The lowest BCUT2D eigenvalue weighted by atomic mass is 10.00. The molecule has 0 N–H and O–H groups in total. The Morgan fingerprint density at radius 1 is 0.724 bits per heavy atom. The van der Waals surface area contributed by atoms with Crippen LogP contribution < -0.4 is 0 Å². The van der Waals surface area contributed by atoms with Gasteiger partial charge in [0.25, 0.3) is 0 Å². The average Bonchev–Trinajstić information content (AvgIpc) is 2.73. The normalized spacial score (nSPS) is 16.5. The van der Waals surface area contributed by atoms with Crippen LogP contribution in [0.5, 0.6) is 0 Å². The van der Waals surface area contributed by atoms with Gasteiger partial charge >= 0.3 is 0 Å². The van der Waals surface area contributed by atoms with Crippen molar-refractivity contribution < 1.29 is 13.2 Å². The van der Waals surface area contributed by atoms with Crippen molar-refractivity contribution in [2.75, 3.05) is 14.1 Å². The molecule has 0 radical (unpaired) electrons. The predicted molar refractivity (Wildman–Crippen MR) is 120 cm³/mol. The summed E-state index contributed by atoms with van der Waals surface area (Å²) in [6, 6.07) is 15.8. The second-order valence-electron chi connectivity index (χ2n) is 6.48. The molecule has 6 heteroatoms. The summed E-state index contributed by atoms with van der Waals surface area (Å²) in [5.41, 5.74) is 4.50. The van der Waals surface area contributed by atoms with Crippen molar-refractivity contribution in [1.82, 2.24) is 9.21 Å². The highest BCUT2D eigenvalue weighted by atomic mass is 32.2. The molecule has 2 aromatic carbocycles. The van der Waals surface area contributed by atoms with Crippen LogP contribution >= 0.6 is 0 Å². The standard InChI is InChI=1S/C10H11NO.C9H11NO2S.2C2H6/c1-11-7-9-5-3-2-4-8(9)6-10(11)12;1-10-6-8-4-2-3-5-9(8)7-13(10,11)12;2*1-2/h2-5H,6-7H2,1H3;2-5H,6-7H2,1H3;2*1-2H3. The summed E-state index contributed by atoms with van der Waals surface area (Å²) in [5.74, 6) is 0.355. The number of likely N-dealkylation sites (N-methyl/N-ethyl adjacent to an activating group) is 1. The third-order valence-electron chi connectivity index (χ3n) is 4.62. The van der Waals surface area contributed by atoms with Crippen LogP contribution in [0, 0.1) is 0 Å². The van der Waals surface area contributed by atoms with E-state index in [4.69, 9.17) is 0 Å². The summed E-state index contributed by atoms with van der Waals surface area (Å²) in [7, 11) is 0.420. The van der Waals surface area contributed by atoms with Gasteiger partial charge in [-0.3, -0.25) is 4.79 Å². The van der Waals surface area contributed by atoms with Gasteiger partial charge in [-0.05, 0) is 22.3 Å². The Labute approximate surface area is 176 Å². The van der Waals surface area contributed by atoms with Crippen LogP contribution in [-0.2, 0) is 40.1 Å². The molecule has 0 aromatic heterocycles. The maximum absolute atomic E-state index is 11.5. The van der Waals surface area contributed by atoms with E-state index in [2.05, 4.69) is 6.07 Å². The number of amides is 1.